The zero-order valence-corrected chi connectivity index (χ0v) is 14.1. The highest BCUT2D eigenvalue weighted by molar-refractivity contribution is 6.05. The Kier molecular flexibility index (Phi) is 4.49. The third-order valence-corrected chi connectivity index (χ3v) is 3.70. The molecule has 8 nitrogen and oxygen atoms in total. The Morgan fingerprint density at radius 1 is 1.27 bits per heavy atom. The van der Waals surface area contributed by atoms with Crippen molar-refractivity contribution in [1.82, 2.24) is 4.98 Å². The maximum Gasteiger partial charge on any atom is 0.349 e. The molecule has 0 aliphatic carbocycles. The highest BCUT2D eigenvalue weighted by Crippen LogP contribution is 2.33. The monoisotopic (exact) mass is 356 g/mol. The first-order chi connectivity index (χ1) is 12.4. The van der Waals surface area contributed by atoms with E-state index < -0.39 is 17.4 Å². The van der Waals surface area contributed by atoms with Crippen LogP contribution in [0.1, 0.15) is 27.2 Å². The zero-order chi connectivity index (χ0) is 18.8. The van der Waals surface area contributed by atoms with E-state index in [0.29, 0.717) is 28.3 Å². The number of cyclic esters (lactones) is 1. The number of nitrogens with one attached hydrogen (secondary N) is 1. The molecule has 134 valence electrons. The summed E-state index contributed by atoms with van der Waals surface area (Å²) in [7, 11) is 1.46. The van der Waals surface area contributed by atoms with E-state index in [1.165, 1.54) is 7.11 Å². The molecular formula is C18H16N2O6. The van der Waals surface area contributed by atoms with Crippen LogP contribution in [0.3, 0.4) is 0 Å². The SMILES string of the molecule is COc1cc(/C=C2/OC(=O)c3c2cc(C)[nH]c3=O)ccc1OCC(N)=O. The lowest BCUT2D eigenvalue weighted by Crippen LogP contribution is -2.20. The highest BCUT2D eigenvalue weighted by atomic mass is 16.5. The summed E-state index contributed by atoms with van der Waals surface area (Å²) in [6, 6.07) is 6.62. The highest BCUT2D eigenvalue weighted by Gasteiger charge is 2.30. The van der Waals surface area contributed by atoms with Gasteiger partial charge in [0, 0.05) is 11.3 Å². The van der Waals surface area contributed by atoms with Gasteiger partial charge in [-0.2, -0.15) is 0 Å². The first kappa shape index (κ1) is 17.3. The van der Waals surface area contributed by atoms with E-state index in [4.69, 9.17) is 19.9 Å². The molecule has 1 amide bonds. The molecular weight excluding hydrogens is 340 g/mol. The van der Waals surface area contributed by atoms with Gasteiger partial charge in [0.15, 0.2) is 18.1 Å². The normalized spacial score (nSPS) is 14.1. The molecule has 0 fully saturated rings. The number of hydrogen-bond acceptors (Lipinski definition) is 6. The number of benzene rings is 1. The van der Waals surface area contributed by atoms with Crippen molar-refractivity contribution in [3.63, 3.8) is 0 Å². The first-order valence-electron chi connectivity index (χ1n) is 7.66. The number of methoxy groups -OCH3 is 1. The van der Waals surface area contributed by atoms with Gasteiger partial charge in [-0.3, -0.25) is 9.59 Å². The maximum absolute atomic E-state index is 12.0. The summed E-state index contributed by atoms with van der Waals surface area (Å²) in [5.41, 5.74) is 6.26. The fourth-order valence-electron chi connectivity index (χ4n) is 2.59. The fraction of sp³-hybridized carbons (Fsp3) is 0.167. The molecule has 1 aromatic carbocycles. The van der Waals surface area contributed by atoms with Crippen molar-refractivity contribution < 1.29 is 23.8 Å². The number of aromatic amines is 1. The molecule has 3 N–H and O–H groups in total. The van der Waals surface area contributed by atoms with Crippen LogP contribution in [0.5, 0.6) is 11.5 Å². The molecule has 3 rings (SSSR count). The van der Waals surface area contributed by atoms with Gasteiger partial charge >= 0.3 is 5.97 Å². The van der Waals surface area contributed by atoms with E-state index in [9.17, 15) is 14.4 Å². The number of hydrogen-bond donors (Lipinski definition) is 2. The van der Waals surface area contributed by atoms with Gasteiger partial charge in [-0.1, -0.05) is 6.07 Å². The van der Waals surface area contributed by atoms with Gasteiger partial charge in [-0.05, 0) is 36.8 Å². The smallest absolute Gasteiger partial charge is 0.349 e. The lowest BCUT2D eigenvalue weighted by Gasteiger charge is -2.10. The number of aromatic nitrogens is 1. The molecule has 2 heterocycles. The summed E-state index contributed by atoms with van der Waals surface area (Å²) >= 11 is 0. The summed E-state index contributed by atoms with van der Waals surface area (Å²) < 4.78 is 15.7. The molecule has 1 aliphatic heterocycles. The summed E-state index contributed by atoms with van der Waals surface area (Å²) in [5.74, 6) is -0.293. The molecule has 0 atom stereocenters. The quantitative estimate of drug-likeness (QED) is 0.777. The summed E-state index contributed by atoms with van der Waals surface area (Å²) in [4.78, 5) is 37.3. The van der Waals surface area contributed by atoms with E-state index in [2.05, 4.69) is 4.98 Å². The van der Waals surface area contributed by atoms with Crippen molar-refractivity contribution in [3.8, 4) is 11.5 Å². The molecule has 0 saturated carbocycles. The van der Waals surface area contributed by atoms with E-state index in [-0.39, 0.29) is 17.9 Å². The van der Waals surface area contributed by atoms with Gasteiger partial charge in [0.25, 0.3) is 11.5 Å². The van der Waals surface area contributed by atoms with Crippen LogP contribution in [-0.4, -0.2) is 30.6 Å². The molecule has 1 aromatic heterocycles. The van der Waals surface area contributed by atoms with E-state index >= 15 is 0 Å². The molecule has 0 saturated heterocycles. The Hall–Kier alpha value is -3.55. The third kappa shape index (κ3) is 3.30. The molecule has 2 aromatic rings. The predicted molar refractivity (Wildman–Crippen MR) is 92.8 cm³/mol. The largest absolute Gasteiger partial charge is 0.493 e. The number of primary amides is 1. The lowest BCUT2D eigenvalue weighted by atomic mass is 10.1. The third-order valence-electron chi connectivity index (χ3n) is 3.70. The van der Waals surface area contributed by atoms with Gasteiger partial charge in [0.2, 0.25) is 0 Å². The van der Waals surface area contributed by atoms with Crippen LogP contribution >= 0.6 is 0 Å². The van der Waals surface area contributed by atoms with Gasteiger partial charge in [-0.25, -0.2) is 4.79 Å². The average Bonchev–Trinajstić information content (AvgIpc) is 2.89. The molecule has 0 unspecified atom stereocenters. The van der Waals surface area contributed by atoms with Crippen LogP contribution < -0.4 is 20.8 Å². The van der Waals surface area contributed by atoms with Crippen molar-refractivity contribution in [2.45, 2.75) is 6.92 Å². The first-order valence-corrected chi connectivity index (χ1v) is 7.66. The Labute approximate surface area is 148 Å². The minimum atomic E-state index is -0.694. The second-order valence-electron chi connectivity index (χ2n) is 5.63. The number of ether oxygens (including phenoxy) is 3. The Morgan fingerprint density at radius 2 is 2.04 bits per heavy atom. The fourth-order valence-corrected chi connectivity index (χ4v) is 2.59. The molecule has 26 heavy (non-hydrogen) atoms. The number of esters is 1. The number of carbonyl (C=O) groups is 2. The van der Waals surface area contributed by atoms with Crippen LogP contribution in [0.4, 0.5) is 0 Å². The Morgan fingerprint density at radius 3 is 2.73 bits per heavy atom. The number of rotatable bonds is 5. The second kappa shape index (κ2) is 6.75. The van der Waals surface area contributed by atoms with E-state index in [1.54, 1.807) is 37.3 Å². The summed E-state index contributed by atoms with van der Waals surface area (Å²) in [6.45, 7) is 1.44. The summed E-state index contributed by atoms with van der Waals surface area (Å²) in [6.07, 6.45) is 1.61. The number of amides is 1. The van der Waals surface area contributed by atoms with Crippen LogP contribution in [0.2, 0.25) is 0 Å². The van der Waals surface area contributed by atoms with E-state index in [0.717, 1.165) is 0 Å². The molecule has 0 radical (unpaired) electrons. The van der Waals surface area contributed by atoms with Crippen molar-refractivity contribution in [2.24, 2.45) is 5.73 Å². The van der Waals surface area contributed by atoms with Gasteiger partial charge in [0.1, 0.15) is 11.3 Å². The average molecular weight is 356 g/mol. The Bertz CT molecular complexity index is 990. The number of pyridine rings is 1. The van der Waals surface area contributed by atoms with Gasteiger partial charge < -0.3 is 24.9 Å². The second-order valence-corrected chi connectivity index (χ2v) is 5.63. The van der Waals surface area contributed by atoms with Crippen LogP contribution in [0, 0.1) is 6.92 Å². The number of aryl methyl sites for hydroxylation is 1. The molecule has 0 spiro atoms. The molecule has 0 bridgehead atoms. The van der Waals surface area contributed by atoms with Crippen molar-refractivity contribution >= 4 is 23.7 Å². The number of carbonyl (C=O) groups excluding carboxylic acids is 2. The minimum Gasteiger partial charge on any atom is -0.493 e. The van der Waals surface area contributed by atoms with Crippen molar-refractivity contribution in [2.75, 3.05) is 13.7 Å². The topological polar surface area (TPSA) is 121 Å². The zero-order valence-electron chi connectivity index (χ0n) is 14.1. The number of fused-ring (bicyclic) bond motifs is 1. The van der Waals surface area contributed by atoms with Crippen LogP contribution in [0.25, 0.3) is 11.8 Å². The van der Waals surface area contributed by atoms with Crippen molar-refractivity contribution in [3.05, 3.63) is 57.0 Å². The molecule has 1 aliphatic rings. The van der Waals surface area contributed by atoms with Gasteiger partial charge in [0.05, 0.1) is 7.11 Å². The standard InChI is InChI=1S/C18H16N2O6/c1-9-5-11-13(26-18(23)16(11)17(22)20-9)6-10-3-4-12(14(7-10)24-2)25-8-15(19)21/h3-7H,8H2,1-2H3,(H2,19,21)(H,20,22)/b13-6+. The maximum atomic E-state index is 12.0. The lowest BCUT2D eigenvalue weighted by molar-refractivity contribution is -0.119. The van der Waals surface area contributed by atoms with Gasteiger partial charge in [-0.15, -0.1) is 0 Å². The minimum absolute atomic E-state index is 0.0183. The number of nitrogens with two attached hydrogens (primary N) is 1. The van der Waals surface area contributed by atoms with E-state index in [1.807, 2.05) is 0 Å². The molecule has 8 heteroatoms. The Balaban J connectivity index is 1.98. The number of H-pyrrole nitrogens is 1. The predicted octanol–water partition coefficient (Wildman–Crippen LogP) is 1.22. The van der Waals surface area contributed by atoms with Crippen LogP contribution in [0.15, 0.2) is 29.1 Å². The summed E-state index contributed by atoms with van der Waals surface area (Å²) in [5, 5.41) is 0. The van der Waals surface area contributed by atoms with Crippen LogP contribution in [-0.2, 0) is 9.53 Å². The van der Waals surface area contributed by atoms with Crippen molar-refractivity contribution in [1.29, 1.82) is 0 Å².